The number of rotatable bonds is 5. The Balaban J connectivity index is 1.50. The third-order valence-electron chi connectivity index (χ3n) is 5.69. The Hall–Kier alpha value is -1.84. The van der Waals surface area contributed by atoms with Crippen molar-refractivity contribution in [3.8, 4) is 0 Å². The van der Waals surface area contributed by atoms with Crippen LogP contribution < -0.4 is 5.32 Å². The maximum Gasteiger partial charge on any atom is 0.226 e. The van der Waals surface area contributed by atoms with Gasteiger partial charge in [-0.05, 0) is 55.6 Å². The van der Waals surface area contributed by atoms with Crippen molar-refractivity contribution in [2.45, 2.75) is 52.0 Å². The molecule has 2 fully saturated rings. The van der Waals surface area contributed by atoms with Gasteiger partial charge in [-0.3, -0.25) is 10.1 Å². The highest BCUT2D eigenvalue weighted by molar-refractivity contribution is 5.91. The van der Waals surface area contributed by atoms with Crippen LogP contribution in [0.2, 0.25) is 0 Å². The van der Waals surface area contributed by atoms with Crippen LogP contribution in [0.25, 0.3) is 11.0 Å². The smallest absolute Gasteiger partial charge is 0.226 e. The maximum atomic E-state index is 12.5. The maximum absolute atomic E-state index is 12.5. The zero-order valence-corrected chi connectivity index (χ0v) is 13.8. The molecule has 2 saturated carbocycles. The summed E-state index contributed by atoms with van der Waals surface area (Å²) in [6.07, 6.45) is 7.01. The number of hydrogen-bond donors (Lipinski definition) is 1. The van der Waals surface area contributed by atoms with Crippen LogP contribution in [0.1, 0.15) is 45.4 Å². The number of nitrogens with one attached hydrogen (secondary N) is 1. The average molecular weight is 311 g/mol. The molecule has 23 heavy (non-hydrogen) atoms. The first-order valence-corrected chi connectivity index (χ1v) is 8.99. The van der Waals surface area contributed by atoms with E-state index in [2.05, 4.69) is 27.9 Å². The van der Waals surface area contributed by atoms with Crippen LogP contribution >= 0.6 is 0 Å². The van der Waals surface area contributed by atoms with E-state index >= 15 is 0 Å². The molecular weight excluding hydrogens is 286 g/mol. The number of para-hydroxylation sites is 2. The van der Waals surface area contributed by atoms with E-state index in [-0.39, 0.29) is 5.91 Å². The van der Waals surface area contributed by atoms with E-state index in [1.165, 1.54) is 25.7 Å². The lowest BCUT2D eigenvalue weighted by atomic mass is 9.86. The summed E-state index contributed by atoms with van der Waals surface area (Å²) in [4.78, 5) is 17.1. The minimum absolute atomic E-state index is 0.134. The van der Waals surface area contributed by atoms with Gasteiger partial charge in [0.25, 0.3) is 0 Å². The largest absolute Gasteiger partial charge is 0.310 e. The molecular formula is C19H25N3O. The minimum Gasteiger partial charge on any atom is -0.310 e. The van der Waals surface area contributed by atoms with Gasteiger partial charge in [-0.15, -0.1) is 0 Å². The Morgan fingerprint density at radius 3 is 2.91 bits per heavy atom. The standard InChI is InChI=1S/C19H25N3O/c1-2-9-22-17-6-4-3-5-16(17)20-19(22)21-18(23)12-15-11-13-7-8-14(15)10-13/h3-6,13-15H,2,7-12H2,1H3,(H,20,21,23). The Bertz CT molecular complexity index is 720. The van der Waals surface area contributed by atoms with Crippen LogP contribution in [0.3, 0.4) is 0 Å². The first-order chi connectivity index (χ1) is 11.2. The molecule has 122 valence electrons. The van der Waals surface area contributed by atoms with Crippen molar-refractivity contribution in [3.63, 3.8) is 0 Å². The topological polar surface area (TPSA) is 46.9 Å². The third kappa shape index (κ3) is 2.75. The van der Waals surface area contributed by atoms with Gasteiger partial charge in [0.2, 0.25) is 11.9 Å². The second kappa shape index (κ2) is 5.99. The van der Waals surface area contributed by atoms with Crippen molar-refractivity contribution in [3.05, 3.63) is 24.3 Å². The number of carbonyl (C=O) groups excluding carboxylic acids is 1. The normalized spacial score (nSPS) is 26.0. The van der Waals surface area contributed by atoms with Crippen LogP contribution in [-0.2, 0) is 11.3 Å². The first kappa shape index (κ1) is 14.7. The van der Waals surface area contributed by atoms with Gasteiger partial charge in [0.05, 0.1) is 11.0 Å². The van der Waals surface area contributed by atoms with E-state index in [9.17, 15) is 4.79 Å². The van der Waals surface area contributed by atoms with Gasteiger partial charge in [0.1, 0.15) is 0 Å². The van der Waals surface area contributed by atoms with E-state index < -0.39 is 0 Å². The van der Waals surface area contributed by atoms with E-state index in [0.717, 1.165) is 35.8 Å². The predicted octanol–water partition coefficient (Wildman–Crippen LogP) is 4.21. The quantitative estimate of drug-likeness (QED) is 0.899. The first-order valence-electron chi connectivity index (χ1n) is 8.99. The number of nitrogens with zero attached hydrogens (tertiary/aromatic N) is 2. The summed E-state index contributed by atoms with van der Waals surface area (Å²) in [5, 5.41) is 3.08. The summed E-state index contributed by atoms with van der Waals surface area (Å²) in [7, 11) is 0. The lowest BCUT2D eigenvalue weighted by Gasteiger charge is -2.20. The second-order valence-electron chi connectivity index (χ2n) is 7.26. The number of aromatic nitrogens is 2. The van der Waals surface area contributed by atoms with E-state index in [0.29, 0.717) is 18.3 Å². The Morgan fingerprint density at radius 1 is 1.30 bits per heavy atom. The van der Waals surface area contributed by atoms with E-state index in [1.54, 1.807) is 0 Å². The molecule has 2 aliphatic rings. The summed E-state index contributed by atoms with van der Waals surface area (Å²) in [5.74, 6) is 3.12. The highest BCUT2D eigenvalue weighted by Gasteiger charge is 2.40. The zero-order chi connectivity index (χ0) is 15.8. The molecule has 3 atom stereocenters. The Kier molecular flexibility index (Phi) is 3.83. The molecule has 3 unspecified atom stereocenters. The predicted molar refractivity (Wildman–Crippen MR) is 92.2 cm³/mol. The fourth-order valence-electron chi connectivity index (χ4n) is 4.66. The molecule has 1 heterocycles. The van der Waals surface area contributed by atoms with Crippen LogP contribution in [0, 0.1) is 17.8 Å². The lowest BCUT2D eigenvalue weighted by molar-refractivity contribution is -0.117. The van der Waals surface area contributed by atoms with Gasteiger partial charge in [0.15, 0.2) is 0 Å². The molecule has 0 aliphatic heterocycles. The van der Waals surface area contributed by atoms with Crippen molar-refractivity contribution in [1.29, 1.82) is 0 Å². The highest BCUT2D eigenvalue weighted by Crippen LogP contribution is 2.49. The minimum atomic E-state index is 0.134. The van der Waals surface area contributed by atoms with Crippen molar-refractivity contribution < 1.29 is 4.79 Å². The van der Waals surface area contributed by atoms with Gasteiger partial charge in [-0.25, -0.2) is 4.98 Å². The van der Waals surface area contributed by atoms with E-state index in [1.807, 2.05) is 18.2 Å². The number of carbonyl (C=O) groups is 1. The molecule has 0 radical (unpaired) electrons. The zero-order valence-electron chi connectivity index (χ0n) is 13.8. The number of benzene rings is 1. The number of fused-ring (bicyclic) bond motifs is 3. The molecule has 0 spiro atoms. The van der Waals surface area contributed by atoms with Crippen molar-refractivity contribution in [2.24, 2.45) is 17.8 Å². The van der Waals surface area contributed by atoms with Gasteiger partial charge >= 0.3 is 0 Å². The fraction of sp³-hybridized carbons (Fsp3) is 0.579. The molecule has 1 amide bonds. The lowest BCUT2D eigenvalue weighted by Crippen LogP contribution is -2.22. The molecule has 2 aliphatic carbocycles. The van der Waals surface area contributed by atoms with Crippen LogP contribution in [0.4, 0.5) is 5.95 Å². The number of amides is 1. The number of aryl methyl sites for hydroxylation is 1. The Morgan fingerprint density at radius 2 is 2.17 bits per heavy atom. The summed E-state index contributed by atoms with van der Waals surface area (Å²) in [6.45, 7) is 3.03. The molecule has 0 saturated heterocycles. The van der Waals surface area contributed by atoms with E-state index in [4.69, 9.17) is 0 Å². The van der Waals surface area contributed by atoms with Gasteiger partial charge in [-0.2, -0.15) is 0 Å². The molecule has 1 aromatic heterocycles. The number of anilines is 1. The van der Waals surface area contributed by atoms with Crippen LogP contribution in [0.15, 0.2) is 24.3 Å². The molecule has 1 aromatic carbocycles. The van der Waals surface area contributed by atoms with Gasteiger partial charge in [0, 0.05) is 13.0 Å². The Labute approximate surface area is 137 Å². The number of imidazole rings is 1. The van der Waals surface area contributed by atoms with Gasteiger partial charge < -0.3 is 4.57 Å². The molecule has 4 nitrogen and oxygen atoms in total. The average Bonchev–Trinajstić information content (AvgIpc) is 3.23. The molecule has 4 rings (SSSR count). The van der Waals surface area contributed by atoms with Crippen molar-refractivity contribution in [2.75, 3.05) is 5.32 Å². The molecule has 1 N–H and O–H groups in total. The second-order valence-corrected chi connectivity index (χ2v) is 7.26. The highest BCUT2D eigenvalue weighted by atomic mass is 16.1. The van der Waals surface area contributed by atoms with Crippen LogP contribution in [-0.4, -0.2) is 15.5 Å². The fourth-order valence-corrected chi connectivity index (χ4v) is 4.66. The van der Waals surface area contributed by atoms with Crippen molar-refractivity contribution in [1.82, 2.24) is 9.55 Å². The third-order valence-corrected chi connectivity index (χ3v) is 5.69. The van der Waals surface area contributed by atoms with Crippen molar-refractivity contribution >= 4 is 22.9 Å². The summed E-state index contributed by atoms with van der Waals surface area (Å²) < 4.78 is 2.13. The summed E-state index contributed by atoms with van der Waals surface area (Å²) in [6, 6.07) is 8.10. The van der Waals surface area contributed by atoms with Gasteiger partial charge in [-0.1, -0.05) is 25.5 Å². The molecule has 4 heteroatoms. The summed E-state index contributed by atoms with van der Waals surface area (Å²) >= 11 is 0. The monoisotopic (exact) mass is 311 g/mol. The molecule has 2 bridgehead atoms. The SMILES string of the molecule is CCCn1c(NC(=O)CC2CC3CCC2C3)nc2ccccc21. The molecule has 2 aromatic rings. The number of hydrogen-bond acceptors (Lipinski definition) is 2. The van der Waals surface area contributed by atoms with Crippen LogP contribution in [0.5, 0.6) is 0 Å². The summed E-state index contributed by atoms with van der Waals surface area (Å²) in [5.41, 5.74) is 2.06.